The van der Waals surface area contributed by atoms with Gasteiger partial charge in [0.1, 0.15) is 6.04 Å². The maximum atomic E-state index is 10.5. The summed E-state index contributed by atoms with van der Waals surface area (Å²) in [5.74, 6) is -0.180. The van der Waals surface area contributed by atoms with Gasteiger partial charge in [-0.15, -0.1) is 0 Å². The predicted molar refractivity (Wildman–Crippen MR) is 48.2 cm³/mol. The van der Waals surface area contributed by atoms with E-state index >= 15 is 0 Å². The Balaban J connectivity index is 3.60. The van der Waals surface area contributed by atoms with Crippen LogP contribution < -0.4 is 5.32 Å². The van der Waals surface area contributed by atoms with E-state index in [9.17, 15) is 4.79 Å². The van der Waals surface area contributed by atoms with Crippen molar-refractivity contribution in [2.75, 3.05) is 12.3 Å². The molecule has 0 saturated heterocycles. The number of rotatable bonds is 6. The third kappa shape index (κ3) is 5.09. The minimum absolute atomic E-state index is 0.424. The highest BCUT2D eigenvalue weighted by atomic mass is 32.1. The van der Waals surface area contributed by atoms with Crippen LogP contribution in [0.1, 0.15) is 19.8 Å². The summed E-state index contributed by atoms with van der Waals surface area (Å²) >= 11 is 3.97. The molecular formula is C7H15NO2S. The first-order chi connectivity index (χ1) is 5.22. The number of aliphatic carboxylic acids is 1. The Morgan fingerprint density at radius 3 is 2.73 bits per heavy atom. The number of carboxylic acids is 1. The zero-order valence-electron chi connectivity index (χ0n) is 6.71. The fourth-order valence-electron chi connectivity index (χ4n) is 0.761. The van der Waals surface area contributed by atoms with E-state index < -0.39 is 12.0 Å². The van der Waals surface area contributed by atoms with Crippen molar-refractivity contribution >= 4 is 18.6 Å². The van der Waals surface area contributed by atoms with Crippen molar-refractivity contribution in [2.24, 2.45) is 0 Å². The first kappa shape index (κ1) is 10.8. The summed E-state index contributed by atoms with van der Waals surface area (Å²) in [6.45, 7) is 2.76. The molecule has 66 valence electrons. The summed E-state index contributed by atoms with van der Waals surface area (Å²) in [5.41, 5.74) is 0. The van der Waals surface area contributed by atoms with Crippen LogP contribution in [0, 0.1) is 0 Å². The molecule has 0 aliphatic rings. The van der Waals surface area contributed by atoms with E-state index in [1.807, 2.05) is 6.92 Å². The standard InChI is InChI=1S/C7H15NO2S/c1-2-4-8-6(3-5-11)7(9)10/h6,8,11H,2-5H2,1H3,(H,9,10)/t6-/m1/s1. The van der Waals surface area contributed by atoms with Gasteiger partial charge in [0.2, 0.25) is 0 Å². The van der Waals surface area contributed by atoms with Crippen molar-refractivity contribution in [3.05, 3.63) is 0 Å². The number of hydrogen-bond acceptors (Lipinski definition) is 3. The molecule has 1 atom stereocenters. The van der Waals surface area contributed by atoms with Gasteiger partial charge in [0.05, 0.1) is 0 Å². The molecule has 0 aliphatic carbocycles. The van der Waals surface area contributed by atoms with Crippen LogP contribution in [0.5, 0.6) is 0 Å². The van der Waals surface area contributed by atoms with Gasteiger partial charge in [-0.25, -0.2) is 0 Å². The molecule has 0 bridgehead atoms. The topological polar surface area (TPSA) is 49.3 Å². The molecule has 0 fully saturated rings. The smallest absolute Gasteiger partial charge is 0.320 e. The molecule has 0 saturated carbocycles. The van der Waals surface area contributed by atoms with E-state index in [2.05, 4.69) is 17.9 Å². The largest absolute Gasteiger partial charge is 0.480 e. The molecule has 0 heterocycles. The van der Waals surface area contributed by atoms with Gasteiger partial charge in [0, 0.05) is 0 Å². The summed E-state index contributed by atoms with van der Waals surface area (Å²) in [6.07, 6.45) is 1.54. The average molecular weight is 177 g/mol. The van der Waals surface area contributed by atoms with Crippen LogP contribution in [-0.4, -0.2) is 29.4 Å². The summed E-state index contributed by atoms with van der Waals surface area (Å²) in [6, 6.07) is -0.424. The van der Waals surface area contributed by atoms with Gasteiger partial charge >= 0.3 is 5.97 Å². The highest BCUT2D eigenvalue weighted by molar-refractivity contribution is 7.80. The number of carboxylic acid groups (broad SMARTS) is 1. The average Bonchev–Trinajstić information content (AvgIpc) is 1.97. The molecule has 0 rings (SSSR count). The lowest BCUT2D eigenvalue weighted by atomic mass is 10.2. The SMILES string of the molecule is CCCN[C@H](CCS)C(=O)O. The molecule has 0 amide bonds. The van der Waals surface area contributed by atoms with E-state index in [0.29, 0.717) is 12.2 Å². The Hall–Kier alpha value is -0.220. The maximum Gasteiger partial charge on any atom is 0.320 e. The molecule has 0 aromatic heterocycles. The fourth-order valence-corrected chi connectivity index (χ4v) is 1.02. The summed E-state index contributed by atoms with van der Waals surface area (Å²) in [7, 11) is 0. The lowest BCUT2D eigenvalue weighted by Crippen LogP contribution is -2.37. The van der Waals surface area contributed by atoms with Gasteiger partial charge in [0.15, 0.2) is 0 Å². The van der Waals surface area contributed by atoms with Gasteiger partial charge in [-0.1, -0.05) is 6.92 Å². The Kier molecular flexibility index (Phi) is 6.36. The molecular weight excluding hydrogens is 162 g/mol. The predicted octanol–water partition coefficient (Wildman–Crippen LogP) is 0.759. The van der Waals surface area contributed by atoms with Crippen molar-refractivity contribution in [1.82, 2.24) is 5.32 Å². The fraction of sp³-hybridized carbons (Fsp3) is 0.857. The highest BCUT2D eigenvalue weighted by Crippen LogP contribution is 1.94. The second-order valence-corrected chi connectivity index (χ2v) is 2.80. The van der Waals surface area contributed by atoms with Crippen LogP contribution >= 0.6 is 12.6 Å². The minimum Gasteiger partial charge on any atom is -0.480 e. The molecule has 3 nitrogen and oxygen atoms in total. The second kappa shape index (κ2) is 6.49. The van der Waals surface area contributed by atoms with Crippen LogP contribution in [-0.2, 0) is 4.79 Å². The van der Waals surface area contributed by atoms with Crippen LogP contribution in [0.2, 0.25) is 0 Å². The molecule has 4 heteroatoms. The molecule has 11 heavy (non-hydrogen) atoms. The van der Waals surface area contributed by atoms with Gasteiger partial charge in [-0.05, 0) is 25.1 Å². The van der Waals surface area contributed by atoms with E-state index in [0.717, 1.165) is 13.0 Å². The first-order valence-corrected chi connectivity index (χ1v) is 4.42. The zero-order valence-corrected chi connectivity index (χ0v) is 7.60. The molecule has 0 aromatic rings. The first-order valence-electron chi connectivity index (χ1n) is 3.79. The van der Waals surface area contributed by atoms with Crippen LogP contribution in [0.3, 0.4) is 0 Å². The molecule has 0 spiro atoms. The van der Waals surface area contributed by atoms with E-state index in [-0.39, 0.29) is 0 Å². The van der Waals surface area contributed by atoms with Crippen molar-refractivity contribution < 1.29 is 9.90 Å². The van der Waals surface area contributed by atoms with Crippen molar-refractivity contribution in [3.63, 3.8) is 0 Å². The van der Waals surface area contributed by atoms with Gasteiger partial charge < -0.3 is 10.4 Å². The van der Waals surface area contributed by atoms with Crippen LogP contribution in [0.25, 0.3) is 0 Å². The van der Waals surface area contributed by atoms with Crippen molar-refractivity contribution in [2.45, 2.75) is 25.8 Å². The van der Waals surface area contributed by atoms with E-state index in [1.54, 1.807) is 0 Å². The summed E-state index contributed by atoms with van der Waals surface area (Å²) in [4.78, 5) is 10.5. The second-order valence-electron chi connectivity index (χ2n) is 2.36. The molecule has 0 aliphatic heterocycles. The molecule has 2 N–H and O–H groups in total. The van der Waals surface area contributed by atoms with Gasteiger partial charge in [-0.3, -0.25) is 4.79 Å². The zero-order chi connectivity index (χ0) is 8.69. The number of carbonyl (C=O) groups is 1. The van der Waals surface area contributed by atoms with Crippen LogP contribution in [0.4, 0.5) is 0 Å². The van der Waals surface area contributed by atoms with Gasteiger partial charge in [-0.2, -0.15) is 12.6 Å². The maximum absolute atomic E-state index is 10.5. The Morgan fingerprint density at radius 1 is 1.73 bits per heavy atom. The number of hydrogen-bond donors (Lipinski definition) is 3. The molecule has 0 radical (unpaired) electrons. The number of nitrogens with one attached hydrogen (secondary N) is 1. The lowest BCUT2D eigenvalue weighted by Gasteiger charge is -2.11. The van der Waals surface area contributed by atoms with Crippen molar-refractivity contribution in [1.29, 1.82) is 0 Å². The Bertz CT molecular complexity index is 119. The van der Waals surface area contributed by atoms with E-state index in [4.69, 9.17) is 5.11 Å². The minimum atomic E-state index is -0.785. The molecule has 0 unspecified atom stereocenters. The Morgan fingerprint density at radius 2 is 2.36 bits per heavy atom. The normalized spacial score (nSPS) is 12.9. The highest BCUT2D eigenvalue weighted by Gasteiger charge is 2.13. The lowest BCUT2D eigenvalue weighted by molar-refractivity contribution is -0.139. The molecule has 0 aromatic carbocycles. The van der Waals surface area contributed by atoms with Crippen molar-refractivity contribution in [3.8, 4) is 0 Å². The van der Waals surface area contributed by atoms with E-state index in [1.165, 1.54) is 0 Å². The Labute approximate surface area is 72.6 Å². The summed E-state index contributed by atoms with van der Waals surface area (Å²) < 4.78 is 0. The third-order valence-electron chi connectivity index (χ3n) is 1.36. The van der Waals surface area contributed by atoms with Gasteiger partial charge in [0.25, 0.3) is 0 Å². The summed E-state index contributed by atoms with van der Waals surface area (Å²) in [5, 5.41) is 11.6. The monoisotopic (exact) mass is 177 g/mol. The number of thiol groups is 1. The van der Waals surface area contributed by atoms with Crippen LogP contribution in [0.15, 0.2) is 0 Å². The third-order valence-corrected chi connectivity index (χ3v) is 1.61. The quantitative estimate of drug-likeness (QED) is 0.525.